The van der Waals surface area contributed by atoms with E-state index < -0.39 is 0 Å². The number of nitrogens with zero attached hydrogens (tertiary/aromatic N) is 1. The van der Waals surface area contributed by atoms with Gasteiger partial charge in [-0.25, -0.2) is 0 Å². The highest BCUT2D eigenvalue weighted by molar-refractivity contribution is 7.16. The molecule has 3 rings (SSSR count). The lowest BCUT2D eigenvalue weighted by atomic mass is 9.96. The first-order valence-electron chi connectivity index (χ1n) is 6.91. The fourth-order valence-corrected chi connectivity index (χ4v) is 3.88. The summed E-state index contributed by atoms with van der Waals surface area (Å²) in [7, 11) is 0. The molecule has 1 aromatic heterocycles. The molecule has 3 N–H and O–H groups in total. The number of thiophene rings is 1. The molecule has 21 heavy (non-hydrogen) atoms. The van der Waals surface area contributed by atoms with E-state index in [1.165, 1.54) is 16.2 Å². The van der Waals surface area contributed by atoms with Crippen LogP contribution in [0.15, 0.2) is 24.3 Å². The third-order valence-corrected chi connectivity index (χ3v) is 4.92. The van der Waals surface area contributed by atoms with Crippen LogP contribution in [0.25, 0.3) is 0 Å². The molecular weight excluding hydrogens is 282 g/mol. The third-order valence-electron chi connectivity index (χ3n) is 3.72. The van der Waals surface area contributed by atoms with Gasteiger partial charge in [-0.2, -0.15) is 5.26 Å². The number of nitrogen functional groups attached to an aromatic ring is 1. The number of carbonyl (C=O) groups is 1. The molecule has 2 aromatic rings. The van der Waals surface area contributed by atoms with E-state index in [1.54, 1.807) is 24.3 Å². The topological polar surface area (TPSA) is 78.9 Å². The quantitative estimate of drug-likeness (QED) is 0.834. The van der Waals surface area contributed by atoms with Crippen LogP contribution in [-0.4, -0.2) is 5.91 Å². The molecule has 0 saturated carbocycles. The van der Waals surface area contributed by atoms with Crippen molar-refractivity contribution in [1.82, 2.24) is 0 Å². The zero-order valence-electron chi connectivity index (χ0n) is 11.5. The minimum Gasteiger partial charge on any atom is -0.398 e. The molecule has 1 aliphatic carbocycles. The highest BCUT2D eigenvalue weighted by atomic mass is 32.1. The van der Waals surface area contributed by atoms with Crippen molar-refractivity contribution in [2.45, 2.75) is 25.7 Å². The van der Waals surface area contributed by atoms with Crippen molar-refractivity contribution in [2.24, 2.45) is 0 Å². The Morgan fingerprint density at radius 2 is 2.05 bits per heavy atom. The van der Waals surface area contributed by atoms with Gasteiger partial charge >= 0.3 is 0 Å². The number of rotatable bonds is 2. The van der Waals surface area contributed by atoms with Crippen molar-refractivity contribution in [3.8, 4) is 6.07 Å². The van der Waals surface area contributed by atoms with Crippen molar-refractivity contribution in [3.63, 3.8) is 0 Å². The van der Waals surface area contributed by atoms with Crippen molar-refractivity contribution in [1.29, 1.82) is 5.26 Å². The maximum absolute atomic E-state index is 12.3. The summed E-state index contributed by atoms with van der Waals surface area (Å²) in [6.45, 7) is 0. The number of aryl methyl sites for hydroxylation is 1. The predicted molar refractivity (Wildman–Crippen MR) is 84.5 cm³/mol. The molecule has 0 saturated heterocycles. The van der Waals surface area contributed by atoms with E-state index in [2.05, 4.69) is 11.4 Å². The summed E-state index contributed by atoms with van der Waals surface area (Å²) in [4.78, 5) is 13.6. The summed E-state index contributed by atoms with van der Waals surface area (Å²) < 4.78 is 0. The third kappa shape index (κ3) is 2.50. The molecule has 0 spiro atoms. The van der Waals surface area contributed by atoms with E-state index >= 15 is 0 Å². The number of fused-ring (bicyclic) bond motifs is 1. The summed E-state index contributed by atoms with van der Waals surface area (Å²) in [5, 5.41) is 12.9. The van der Waals surface area contributed by atoms with E-state index in [4.69, 9.17) is 5.73 Å². The first kappa shape index (κ1) is 13.7. The number of para-hydroxylation sites is 1. The smallest absolute Gasteiger partial charge is 0.258 e. The van der Waals surface area contributed by atoms with Crippen LogP contribution in [0.5, 0.6) is 0 Å². The van der Waals surface area contributed by atoms with Gasteiger partial charge in [0.05, 0.1) is 11.1 Å². The highest BCUT2D eigenvalue weighted by Gasteiger charge is 2.22. The highest BCUT2D eigenvalue weighted by Crippen LogP contribution is 2.37. The Labute approximate surface area is 127 Å². The average Bonchev–Trinajstić information content (AvgIpc) is 2.84. The summed E-state index contributed by atoms with van der Waals surface area (Å²) in [5.41, 5.74) is 8.44. The maximum atomic E-state index is 12.3. The molecular formula is C16H15N3OS. The van der Waals surface area contributed by atoms with Crippen molar-refractivity contribution in [3.05, 3.63) is 45.8 Å². The van der Waals surface area contributed by atoms with Gasteiger partial charge < -0.3 is 11.1 Å². The Morgan fingerprint density at radius 1 is 1.29 bits per heavy atom. The van der Waals surface area contributed by atoms with Gasteiger partial charge in [-0.05, 0) is 43.4 Å². The fraction of sp³-hybridized carbons (Fsp3) is 0.250. The molecule has 0 bridgehead atoms. The van der Waals surface area contributed by atoms with Gasteiger partial charge in [-0.15, -0.1) is 11.3 Å². The normalized spacial score (nSPS) is 13.3. The van der Waals surface area contributed by atoms with Crippen molar-refractivity contribution < 1.29 is 4.79 Å². The Hall–Kier alpha value is -2.32. The standard InChI is InChI=1S/C16H15N3OS/c17-9-12-10-5-2-4-8-14(10)21-16(12)19-15(20)11-6-1-3-7-13(11)18/h1,3,6-7H,2,4-5,8,18H2,(H,19,20). The number of anilines is 2. The number of nitrogens with two attached hydrogens (primary N) is 1. The minimum absolute atomic E-state index is 0.261. The summed E-state index contributed by atoms with van der Waals surface area (Å²) in [6.07, 6.45) is 4.19. The molecule has 4 nitrogen and oxygen atoms in total. The molecule has 106 valence electrons. The van der Waals surface area contributed by atoms with Crippen LogP contribution in [0.1, 0.15) is 39.2 Å². The molecule has 0 atom stereocenters. The lowest BCUT2D eigenvalue weighted by Gasteiger charge is -2.09. The van der Waals surface area contributed by atoms with Crippen LogP contribution in [0.4, 0.5) is 10.7 Å². The predicted octanol–water partition coefficient (Wildman–Crippen LogP) is 3.33. The summed E-state index contributed by atoms with van der Waals surface area (Å²) in [6, 6.07) is 9.18. The zero-order chi connectivity index (χ0) is 14.8. The second-order valence-electron chi connectivity index (χ2n) is 5.07. The molecule has 1 amide bonds. The number of nitriles is 1. The van der Waals surface area contributed by atoms with Gasteiger partial charge in [0.1, 0.15) is 11.1 Å². The summed E-state index contributed by atoms with van der Waals surface area (Å²) >= 11 is 1.52. The van der Waals surface area contributed by atoms with Crippen molar-refractivity contribution >= 4 is 27.9 Å². The second-order valence-corrected chi connectivity index (χ2v) is 6.17. The average molecular weight is 297 g/mol. The molecule has 1 aromatic carbocycles. The summed E-state index contributed by atoms with van der Waals surface area (Å²) in [5.74, 6) is -0.261. The number of hydrogen-bond acceptors (Lipinski definition) is 4. The minimum atomic E-state index is -0.261. The van der Waals surface area contributed by atoms with Crippen molar-refractivity contribution in [2.75, 3.05) is 11.1 Å². The van der Waals surface area contributed by atoms with E-state index in [0.717, 1.165) is 31.2 Å². The number of hydrogen-bond donors (Lipinski definition) is 2. The van der Waals surface area contributed by atoms with Gasteiger partial charge in [-0.3, -0.25) is 4.79 Å². The zero-order valence-corrected chi connectivity index (χ0v) is 12.3. The van der Waals surface area contributed by atoms with E-state index in [-0.39, 0.29) is 5.91 Å². The molecule has 0 radical (unpaired) electrons. The second kappa shape index (κ2) is 5.58. The van der Waals surface area contributed by atoms with E-state index in [1.807, 2.05) is 0 Å². The van der Waals surface area contributed by atoms with Crippen LogP contribution < -0.4 is 11.1 Å². The molecule has 1 aliphatic rings. The van der Waals surface area contributed by atoms with E-state index in [9.17, 15) is 10.1 Å². The molecule has 5 heteroatoms. The number of benzene rings is 1. The molecule has 0 unspecified atom stereocenters. The Morgan fingerprint density at radius 3 is 2.81 bits per heavy atom. The molecule has 0 aliphatic heterocycles. The fourth-order valence-electron chi connectivity index (χ4n) is 2.65. The van der Waals surface area contributed by atoms with Gasteiger partial charge in [0.2, 0.25) is 0 Å². The first-order chi connectivity index (χ1) is 10.2. The Bertz CT molecular complexity index is 742. The largest absolute Gasteiger partial charge is 0.398 e. The lowest BCUT2D eigenvalue weighted by Crippen LogP contribution is -2.13. The number of nitrogens with one attached hydrogen (secondary N) is 1. The molecule has 1 heterocycles. The SMILES string of the molecule is N#Cc1c(NC(=O)c2ccccc2N)sc2c1CCCC2. The van der Waals surface area contributed by atoms with Gasteiger partial charge in [0.25, 0.3) is 5.91 Å². The lowest BCUT2D eigenvalue weighted by molar-refractivity contribution is 0.102. The van der Waals surface area contributed by atoms with Crippen LogP contribution in [0.3, 0.4) is 0 Å². The van der Waals surface area contributed by atoms with Crippen LogP contribution in [0.2, 0.25) is 0 Å². The number of carbonyl (C=O) groups excluding carboxylic acids is 1. The van der Waals surface area contributed by atoms with Crippen LogP contribution >= 0.6 is 11.3 Å². The van der Waals surface area contributed by atoms with E-state index in [0.29, 0.717) is 21.8 Å². The van der Waals surface area contributed by atoms with Crippen LogP contribution in [0, 0.1) is 11.3 Å². The monoisotopic (exact) mass is 297 g/mol. The number of amides is 1. The van der Waals surface area contributed by atoms with Gasteiger partial charge in [0.15, 0.2) is 0 Å². The first-order valence-corrected chi connectivity index (χ1v) is 7.73. The van der Waals surface area contributed by atoms with Crippen LogP contribution in [-0.2, 0) is 12.8 Å². The Balaban J connectivity index is 1.92. The maximum Gasteiger partial charge on any atom is 0.258 e. The van der Waals surface area contributed by atoms with Gasteiger partial charge in [-0.1, -0.05) is 12.1 Å². The molecule has 0 fully saturated rings. The Kier molecular flexibility index (Phi) is 3.63. The van der Waals surface area contributed by atoms with Gasteiger partial charge in [0, 0.05) is 10.6 Å².